The molecule has 2 rings (SSSR count). The van der Waals surface area contributed by atoms with E-state index in [1.807, 2.05) is 36.1 Å². The van der Waals surface area contributed by atoms with Crippen LogP contribution in [0.4, 0.5) is 0 Å². The Kier molecular flexibility index (Phi) is 4.58. The molecule has 0 saturated carbocycles. The maximum absolute atomic E-state index is 5.72. The third kappa shape index (κ3) is 3.83. The molecule has 2 aromatic rings. The molecule has 0 bridgehead atoms. The predicted octanol–water partition coefficient (Wildman–Crippen LogP) is 2.76. The maximum Gasteiger partial charge on any atom is 0.132 e. The van der Waals surface area contributed by atoms with Gasteiger partial charge in [-0.3, -0.25) is 4.68 Å². The van der Waals surface area contributed by atoms with Crippen LogP contribution in [-0.2, 0) is 13.2 Å². The molecule has 0 radical (unpaired) electrons. The molecule has 0 aliphatic carbocycles. The first-order chi connectivity index (χ1) is 9.19. The van der Waals surface area contributed by atoms with Crippen molar-refractivity contribution in [3.8, 4) is 5.75 Å². The number of hydrogen-bond donors (Lipinski definition) is 1. The number of nitrogens with one attached hydrogen (secondary N) is 1. The van der Waals surface area contributed by atoms with E-state index in [9.17, 15) is 0 Å². The fourth-order valence-corrected chi connectivity index (χ4v) is 1.81. The third-order valence-corrected chi connectivity index (χ3v) is 2.88. The van der Waals surface area contributed by atoms with Crippen molar-refractivity contribution in [3.63, 3.8) is 0 Å². The van der Waals surface area contributed by atoms with Crippen LogP contribution in [-0.4, -0.2) is 16.8 Å². The van der Waals surface area contributed by atoms with E-state index < -0.39 is 0 Å². The van der Waals surface area contributed by atoms with Gasteiger partial charge in [-0.05, 0) is 44.7 Å². The topological polar surface area (TPSA) is 39.1 Å². The number of nitrogens with zero attached hydrogens (tertiary/aromatic N) is 2. The minimum atomic E-state index is 0.384. The number of hydrogen-bond acceptors (Lipinski definition) is 3. The van der Waals surface area contributed by atoms with Gasteiger partial charge in [-0.2, -0.15) is 5.10 Å². The molecule has 1 N–H and O–H groups in total. The predicted molar refractivity (Wildman–Crippen MR) is 76.1 cm³/mol. The quantitative estimate of drug-likeness (QED) is 0.867. The van der Waals surface area contributed by atoms with E-state index >= 15 is 0 Å². The summed E-state index contributed by atoms with van der Waals surface area (Å²) in [5.74, 6) is 0.874. The SMILES string of the molecule is CNCc1ccc(OCc2ccn(C(C)C)n2)cc1. The van der Waals surface area contributed by atoms with E-state index in [0.29, 0.717) is 12.6 Å². The summed E-state index contributed by atoms with van der Waals surface area (Å²) >= 11 is 0. The van der Waals surface area contributed by atoms with Gasteiger partial charge in [-0.25, -0.2) is 0 Å². The Bertz CT molecular complexity index is 502. The van der Waals surface area contributed by atoms with E-state index in [4.69, 9.17) is 4.74 Å². The van der Waals surface area contributed by atoms with Crippen molar-refractivity contribution in [2.45, 2.75) is 33.0 Å². The van der Waals surface area contributed by atoms with Crippen molar-refractivity contribution in [2.75, 3.05) is 7.05 Å². The van der Waals surface area contributed by atoms with Crippen LogP contribution in [0.1, 0.15) is 31.1 Å². The summed E-state index contributed by atoms with van der Waals surface area (Å²) in [5, 5.41) is 7.57. The second-order valence-electron chi connectivity index (χ2n) is 4.84. The molecular formula is C15H21N3O. The summed E-state index contributed by atoms with van der Waals surface area (Å²) in [4.78, 5) is 0. The molecule has 0 unspecified atom stereocenters. The van der Waals surface area contributed by atoms with Crippen LogP contribution >= 0.6 is 0 Å². The summed E-state index contributed by atoms with van der Waals surface area (Å²) in [6.45, 7) is 5.60. The van der Waals surface area contributed by atoms with Crippen molar-refractivity contribution < 1.29 is 4.74 Å². The van der Waals surface area contributed by atoms with E-state index in [0.717, 1.165) is 18.0 Å². The van der Waals surface area contributed by atoms with Crippen molar-refractivity contribution in [1.29, 1.82) is 0 Å². The van der Waals surface area contributed by atoms with Gasteiger partial charge in [0.25, 0.3) is 0 Å². The molecule has 0 amide bonds. The first-order valence-electron chi connectivity index (χ1n) is 6.59. The fourth-order valence-electron chi connectivity index (χ4n) is 1.81. The highest BCUT2D eigenvalue weighted by Gasteiger charge is 2.03. The highest BCUT2D eigenvalue weighted by atomic mass is 16.5. The third-order valence-electron chi connectivity index (χ3n) is 2.88. The van der Waals surface area contributed by atoms with Gasteiger partial charge in [0.2, 0.25) is 0 Å². The second kappa shape index (κ2) is 6.38. The summed E-state index contributed by atoms with van der Waals surface area (Å²) in [6, 6.07) is 10.5. The number of benzene rings is 1. The van der Waals surface area contributed by atoms with E-state index in [2.05, 4.69) is 36.4 Å². The van der Waals surface area contributed by atoms with Crippen LogP contribution in [0.2, 0.25) is 0 Å². The highest BCUT2D eigenvalue weighted by Crippen LogP contribution is 2.14. The molecule has 1 aromatic carbocycles. The Balaban J connectivity index is 1.90. The van der Waals surface area contributed by atoms with Gasteiger partial charge in [0.05, 0.1) is 5.69 Å². The summed E-state index contributed by atoms with van der Waals surface area (Å²) in [6.07, 6.45) is 1.99. The monoisotopic (exact) mass is 259 g/mol. The van der Waals surface area contributed by atoms with Gasteiger partial charge < -0.3 is 10.1 Å². The van der Waals surface area contributed by atoms with Crippen LogP contribution in [0.25, 0.3) is 0 Å². The molecular weight excluding hydrogens is 238 g/mol. The van der Waals surface area contributed by atoms with Crippen molar-refractivity contribution >= 4 is 0 Å². The van der Waals surface area contributed by atoms with E-state index in [1.165, 1.54) is 5.56 Å². The lowest BCUT2D eigenvalue weighted by atomic mass is 10.2. The Morgan fingerprint density at radius 2 is 1.95 bits per heavy atom. The number of aromatic nitrogens is 2. The zero-order chi connectivity index (χ0) is 13.7. The molecule has 0 saturated heterocycles. The lowest BCUT2D eigenvalue weighted by molar-refractivity contribution is 0.298. The van der Waals surface area contributed by atoms with E-state index in [1.54, 1.807) is 0 Å². The van der Waals surface area contributed by atoms with Crippen molar-refractivity contribution in [1.82, 2.24) is 15.1 Å². The largest absolute Gasteiger partial charge is 0.487 e. The van der Waals surface area contributed by atoms with Gasteiger partial charge in [-0.1, -0.05) is 12.1 Å². The summed E-state index contributed by atoms with van der Waals surface area (Å²) in [5.41, 5.74) is 2.20. The smallest absolute Gasteiger partial charge is 0.132 e. The molecule has 0 fully saturated rings. The molecule has 4 heteroatoms. The van der Waals surface area contributed by atoms with Crippen molar-refractivity contribution in [3.05, 3.63) is 47.8 Å². The van der Waals surface area contributed by atoms with Gasteiger partial charge in [0.1, 0.15) is 12.4 Å². The normalized spacial score (nSPS) is 10.9. The minimum Gasteiger partial charge on any atom is -0.487 e. The zero-order valence-corrected chi connectivity index (χ0v) is 11.8. The Labute approximate surface area is 114 Å². The van der Waals surface area contributed by atoms with E-state index in [-0.39, 0.29) is 0 Å². The highest BCUT2D eigenvalue weighted by molar-refractivity contribution is 5.27. The minimum absolute atomic E-state index is 0.384. The first-order valence-corrected chi connectivity index (χ1v) is 6.59. The van der Waals surface area contributed by atoms with Crippen LogP contribution in [0, 0.1) is 0 Å². The number of rotatable bonds is 6. The molecule has 0 atom stereocenters. The first kappa shape index (κ1) is 13.6. The maximum atomic E-state index is 5.72. The fraction of sp³-hybridized carbons (Fsp3) is 0.400. The molecule has 1 aromatic heterocycles. The Hall–Kier alpha value is -1.81. The Morgan fingerprint density at radius 1 is 1.21 bits per heavy atom. The molecule has 0 aliphatic heterocycles. The average molecular weight is 259 g/mol. The molecule has 102 valence electrons. The van der Waals surface area contributed by atoms with Gasteiger partial charge in [0, 0.05) is 18.8 Å². The van der Waals surface area contributed by atoms with Gasteiger partial charge in [-0.15, -0.1) is 0 Å². The second-order valence-corrected chi connectivity index (χ2v) is 4.84. The average Bonchev–Trinajstić information content (AvgIpc) is 2.87. The molecule has 19 heavy (non-hydrogen) atoms. The molecule has 4 nitrogen and oxygen atoms in total. The molecule has 0 spiro atoms. The lowest BCUT2D eigenvalue weighted by Gasteiger charge is -2.06. The summed E-state index contributed by atoms with van der Waals surface area (Å²) in [7, 11) is 1.94. The van der Waals surface area contributed by atoms with Crippen LogP contribution in [0.3, 0.4) is 0 Å². The summed E-state index contributed by atoms with van der Waals surface area (Å²) < 4.78 is 7.66. The Morgan fingerprint density at radius 3 is 2.53 bits per heavy atom. The van der Waals surface area contributed by atoms with Gasteiger partial charge >= 0.3 is 0 Å². The van der Waals surface area contributed by atoms with Crippen LogP contribution in [0.15, 0.2) is 36.5 Å². The van der Waals surface area contributed by atoms with Crippen molar-refractivity contribution in [2.24, 2.45) is 0 Å². The number of ether oxygens (including phenoxy) is 1. The van der Waals surface area contributed by atoms with Gasteiger partial charge in [0.15, 0.2) is 0 Å². The standard InChI is InChI=1S/C15H21N3O/c1-12(2)18-9-8-14(17-18)11-19-15-6-4-13(5-7-15)10-16-3/h4-9,12,16H,10-11H2,1-3H3. The van der Waals surface area contributed by atoms with Crippen LogP contribution in [0.5, 0.6) is 5.75 Å². The zero-order valence-electron chi connectivity index (χ0n) is 11.8. The molecule has 1 heterocycles. The van der Waals surface area contributed by atoms with Crippen LogP contribution < -0.4 is 10.1 Å². The molecule has 0 aliphatic rings. The lowest BCUT2D eigenvalue weighted by Crippen LogP contribution is -2.05.